The van der Waals surface area contributed by atoms with Crippen LogP contribution in [-0.4, -0.2) is 18.0 Å². The fraction of sp³-hybridized carbons (Fsp3) is 1.00. The topological polar surface area (TPSA) is 0 Å². The molecule has 0 radical (unpaired) electrons. The van der Waals surface area contributed by atoms with Gasteiger partial charge in [-0.1, -0.05) is 309 Å². The van der Waals surface area contributed by atoms with Gasteiger partial charge in [0.2, 0.25) is 0 Å². The third kappa shape index (κ3) is 52.3. The van der Waals surface area contributed by atoms with E-state index in [-0.39, 0.29) is 30.6 Å². The van der Waals surface area contributed by atoms with Crippen LogP contribution in [-0.2, 0) is 0 Å². The lowest BCUT2D eigenvalue weighted by atomic mass is 9.65. The predicted octanol–water partition coefficient (Wildman–Crippen LogP) is 28.5. The molecule has 1 aliphatic rings. The minimum Gasteiger partial charge on any atom is -0.244 e. The molecule has 0 aliphatic heterocycles. The van der Waals surface area contributed by atoms with E-state index in [4.69, 9.17) is 0 Å². The maximum Gasteiger partial charge on any atom is 0.394 e. The van der Waals surface area contributed by atoms with Gasteiger partial charge in [0.15, 0.2) is 0 Å². The van der Waals surface area contributed by atoms with Crippen molar-refractivity contribution in [2.24, 2.45) is 83.7 Å². The standard InChI is InChI=1S/C11H21F3.C10H22.C9H17F.C9H20.C7H13F3.2C7H16.C6H14.C5H12/c1-7(2)9(8(3)4)10(5,6)11(12,13)14;1-7-10(6,8-2)9(3,4)5;1-8(2)4-6-9(3,10)7-5-8;1-6-8(7-2)9(3,4)5;1-4-6(3,5-2)7(8,9)10;1-6(2)7(3,4)5;1-5-6-7(2,3)4;1-5-6(2,3)4;1-5(2,3)4/h7-9H,1-6H3;7-8H2,1-6H3;4-7H2,1-3H3;8H,6-7H2,1-5H3;4-5H2,1-3H3;6H,1-5H3;5-6H2,1-4H3;5H2,1-4H3;1-4H3. The second-order valence-electron chi connectivity index (χ2n) is 33.7. The Hall–Kier alpha value is -0.490. The van der Waals surface area contributed by atoms with E-state index in [9.17, 15) is 30.7 Å². The molecule has 0 aromatic heterocycles. The second kappa shape index (κ2) is 39.2. The molecule has 1 rings (SSSR count). The van der Waals surface area contributed by atoms with Crippen LogP contribution in [0.1, 0.15) is 360 Å². The average Bonchev–Trinajstić information content (AvgIpc) is 3.19. The highest BCUT2D eigenvalue weighted by Crippen LogP contribution is 2.49. The summed E-state index contributed by atoms with van der Waals surface area (Å²) in [6, 6.07) is 0. The van der Waals surface area contributed by atoms with Crippen molar-refractivity contribution in [3.63, 3.8) is 0 Å². The zero-order valence-electron chi connectivity index (χ0n) is 61.2. The summed E-state index contributed by atoms with van der Waals surface area (Å²) in [6.45, 7) is 84.1. The van der Waals surface area contributed by atoms with Crippen molar-refractivity contribution in [3.05, 3.63) is 0 Å². The first kappa shape index (κ1) is 93.9. The molecule has 0 atom stereocenters. The first-order valence-corrected chi connectivity index (χ1v) is 31.6. The van der Waals surface area contributed by atoms with Gasteiger partial charge in [0.05, 0.1) is 10.8 Å². The Morgan fingerprint density at radius 1 is 0.397 bits per heavy atom. The van der Waals surface area contributed by atoms with Gasteiger partial charge in [0.25, 0.3) is 0 Å². The zero-order chi connectivity index (χ0) is 65.6. The summed E-state index contributed by atoms with van der Waals surface area (Å²) in [5.41, 5.74) is 0.0329. The predicted molar refractivity (Wildman–Crippen MR) is 345 cm³/mol. The number of rotatable bonds is 10. The van der Waals surface area contributed by atoms with Gasteiger partial charge in [-0.05, 0) is 125 Å². The van der Waals surface area contributed by atoms with Crippen LogP contribution in [0.5, 0.6) is 0 Å². The quantitative estimate of drug-likeness (QED) is 0.191. The first-order valence-electron chi connectivity index (χ1n) is 31.6. The van der Waals surface area contributed by atoms with Crippen LogP contribution in [0.15, 0.2) is 0 Å². The van der Waals surface area contributed by atoms with E-state index in [1.165, 1.54) is 65.7 Å². The molecule has 0 aromatic carbocycles. The van der Waals surface area contributed by atoms with Crippen LogP contribution in [0.4, 0.5) is 30.7 Å². The molecule has 0 unspecified atom stereocenters. The monoisotopic (exact) mass is 1140 g/mol. The summed E-state index contributed by atoms with van der Waals surface area (Å²) in [4.78, 5) is 0. The highest BCUT2D eigenvalue weighted by atomic mass is 19.4. The number of hydrogen-bond donors (Lipinski definition) is 0. The minimum atomic E-state index is -4.12. The van der Waals surface area contributed by atoms with E-state index in [1.54, 1.807) is 20.8 Å². The Morgan fingerprint density at radius 3 is 0.718 bits per heavy atom. The van der Waals surface area contributed by atoms with Gasteiger partial charge in [-0.25, -0.2) is 4.39 Å². The van der Waals surface area contributed by atoms with Gasteiger partial charge in [-0.3, -0.25) is 0 Å². The SMILES string of the molecule is CC(C)(C)C.CC(C)C(C(C)C)C(C)(C)C(F)(F)F.CC(C)C(C)(C)C.CC1(C)CCC(C)(F)CC1.CCC(C)(C)C.CCC(C)(CC)C(C)(C)C.CCC(C)(CC)C(F)(F)F.CCC(CC)C(C)(C)C.CCCC(C)(C)C. The number of hydrogen-bond acceptors (Lipinski definition) is 0. The summed E-state index contributed by atoms with van der Waals surface area (Å²) in [5.74, 6) is 1.46. The molecule has 0 amide bonds. The summed E-state index contributed by atoms with van der Waals surface area (Å²) in [5, 5.41) is 0. The molecule has 1 aliphatic carbocycles. The molecule has 0 spiro atoms. The van der Waals surface area contributed by atoms with Gasteiger partial charge in [0.1, 0.15) is 5.67 Å². The minimum absolute atomic E-state index is 0.0478. The molecule has 7 heteroatoms. The van der Waals surface area contributed by atoms with Crippen LogP contribution in [0.2, 0.25) is 0 Å². The lowest BCUT2D eigenvalue weighted by Gasteiger charge is -2.41. The molecular weight excluding hydrogens is 986 g/mol. The fourth-order valence-corrected chi connectivity index (χ4v) is 8.30. The largest absolute Gasteiger partial charge is 0.394 e. The van der Waals surface area contributed by atoms with Gasteiger partial charge in [-0.15, -0.1) is 0 Å². The van der Waals surface area contributed by atoms with E-state index >= 15 is 0 Å². The Labute approximate surface area is 490 Å². The number of alkyl halides is 7. The van der Waals surface area contributed by atoms with Gasteiger partial charge >= 0.3 is 12.4 Å². The average molecular weight is 1140 g/mol. The Morgan fingerprint density at radius 2 is 0.667 bits per heavy atom. The molecule has 0 bridgehead atoms. The van der Waals surface area contributed by atoms with E-state index in [2.05, 4.69) is 208 Å². The zero-order valence-corrected chi connectivity index (χ0v) is 61.2. The molecule has 0 aromatic rings. The maximum atomic E-state index is 13.2. The van der Waals surface area contributed by atoms with Crippen molar-refractivity contribution in [2.75, 3.05) is 0 Å². The summed E-state index contributed by atoms with van der Waals surface area (Å²) < 4.78 is 87.9. The Bertz CT molecular complexity index is 1280. The third-order valence-electron chi connectivity index (χ3n) is 17.3. The summed E-state index contributed by atoms with van der Waals surface area (Å²) in [6.07, 6.45) is 4.87. The molecule has 484 valence electrons. The molecular formula is C71H151F7. The highest BCUT2D eigenvalue weighted by Gasteiger charge is 2.53. The van der Waals surface area contributed by atoms with Crippen LogP contribution in [0, 0.1) is 83.7 Å². The lowest BCUT2D eigenvalue weighted by Crippen LogP contribution is -2.43. The third-order valence-corrected chi connectivity index (χ3v) is 17.3. The van der Waals surface area contributed by atoms with E-state index in [0.717, 1.165) is 37.5 Å². The summed E-state index contributed by atoms with van der Waals surface area (Å²) in [7, 11) is 0. The molecule has 1 saturated carbocycles. The van der Waals surface area contributed by atoms with Crippen molar-refractivity contribution >= 4 is 0 Å². The lowest BCUT2D eigenvalue weighted by molar-refractivity contribution is -0.239. The van der Waals surface area contributed by atoms with E-state index in [1.807, 2.05) is 27.7 Å². The smallest absolute Gasteiger partial charge is 0.244 e. The van der Waals surface area contributed by atoms with Gasteiger partial charge in [-0.2, -0.15) is 26.3 Å². The van der Waals surface area contributed by atoms with Crippen LogP contribution in [0.3, 0.4) is 0 Å². The van der Waals surface area contributed by atoms with Crippen molar-refractivity contribution in [1.29, 1.82) is 0 Å². The fourth-order valence-electron chi connectivity index (χ4n) is 8.30. The van der Waals surface area contributed by atoms with Gasteiger partial charge in [0, 0.05) is 0 Å². The normalized spacial score (nSPS) is 15.4. The first-order chi connectivity index (χ1) is 33.8. The Kier molecular flexibility index (Phi) is 47.2. The van der Waals surface area contributed by atoms with Crippen LogP contribution >= 0.6 is 0 Å². The molecule has 0 heterocycles. The maximum absolute atomic E-state index is 13.2. The molecule has 0 nitrogen and oxygen atoms in total. The van der Waals surface area contributed by atoms with Crippen LogP contribution < -0.4 is 0 Å². The highest BCUT2D eigenvalue weighted by molar-refractivity contribution is 4.89. The van der Waals surface area contributed by atoms with Crippen molar-refractivity contribution < 1.29 is 30.7 Å². The Balaban J connectivity index is -0.000000119. The van der Waals surface area contributed by atoms with E-state index < -0.39 is 28.9 Å². The molecule has 0 N–H and O–H groups in total. The van der Waals surface area contributed by atoms with Gasteiger partial charge < -0.3 is 0 Å². The number of halogens is 7. The summed E-state index contributed by atoms with van der Waals surface area (Å²) >= 11 is 0. The van der Waals surface area contributed by atoms with Crippen molar-refractivity contribution in [2.45, 2.75) is 378 Å². The van der Waals surface area contributed by atoms with Crippen molar-refractivity contribution in [1.82, 2.24) is 0 Å². The second-order valence-corrected chi connectivity index (χ2v) is 33.7. The van der Waals surface area contributed by atoms with Crippen molar-refractivity contribution in [3.8, 4) is 0 Å². The van der Waals surface area contributed by atoms with Crippen LogP contribution in [0.25, 0.3) is 0 Å². The molecule has 0 saturated heterocycles. The molecule has 1 fully saturated rings. The van der Waals surface area contributed by atoms with E-state index in [0.29, 0.717) is 43.3 Å². The molecule has 78 heavy (non-hydrogen) atoms.